The number of rotatable bonds is 10. The van der Waals surface area contributed by atoms with Gasteiger partial charge in [0.15, 0.2) is 5.82 Å². The maximum Gasteiger partial charge on any atom is 0.415 e. The van der Waals surface area contributed by atoms with Crippen LogP contribution < -0.4 is 11.1 Å². The van der Waals surface area contributed by atoms with Crippen molar-refractivity contribution in [1.82, 2.24) is 29.5 Å². The van der Waals surface area contributed by atoms with Crippen LogP contribution in [0.5, 0.6) is 0 Å². The summed E-state index contributed by atoms with van der Waals surface area (Å²) >= 11 is 1.18. The van der Waals surface area contributed by atoms with Gasteiger partial charge in [0.25, 0.3) is 11.8 Å². The summed E-state index contributed by atoms with van der Waals surface area (Å²) in [6.07, 6.45) is 1.28. The van der Waals surface area contributed by atoms with Crippen LogP contribution in [0.4, 0.5) is 5.82 Å². The van der Waals surface area contributed by atoms with Gasteiger partial charge in [-0.1, -0.05) is 5.16 Å². The van der Waals surface area contributed by atoms with Crippen molar-refractivity contribution in [2.45, 2.75) is 18.3 Å². The monoisotopic (exact) mass is 570 g/mol. The van der Waals surface area contributed by atoms with Gasteiger partial charge in [-0.2, -0.15) is 0 Å². The van der Waals surface area contributed by atoms with Crippen molar-refractivity contribution in [1.29, 1.82) is 0 Å². The third-order valence-electron chi connectivity index (χ3n) is 5.34. The van der Waals surface area contributed by atoms with E-state index in [-0.39, 0.29) is 35.3 Å². The van der Waals surface area contributed by atoms with Crippen LogP contribution in [0.25, 0.3) is 0 Å². The van der Waals surface area contributed by atoms with Crippen LogP contribution in [-0.4, -0.2) is 111 Å². The lowest BCUT2D eigenvalue weighted by Gasteiger charge is -2.49. The number of aliphatic carboxylic acids is 1. The van der Waals surface area contributed by atoms with E-state index in [0.717, 1.165) is 4.90 Å². The molecule has 206 valence electrons. The van der Waals surface area contributed by atoms with Gasteiger partial charge in [-0.3, -0.25) is 19.3 Å². The zero-order valence-corrected chi connectivity index (χ0v) is 22.9. The van der Waals surface area contributed by atoms with E-state index in [4.69, 9.17) is 15.1 Å². The number of carbonyl (C=O) groups is 4. The van der Waals surface area contributed by atoms with Crippen molar-refractivity contribution < 1.29 is 38.2 Å². The number of anilines is 1. The number of hydrogen-bond acceptors (Lipinski definition) is 12. The zero-order chi connectivity index (χ0) is 28.4. The topological polar surface area (TPSA) is 210 Å². The molecular weight excluding hydrogens is 543 g/mol. The van der Waals surface area contributed by atoms with Gasteiger partial charge in [0, 0.05) is 24.4 Å². The number of nitrogens with two attached hydrogens (primary N) is 1. The Morgan fingerprint density at radius 3 is 2.53 bits per heavy atom. The Balaban J connectivity index is 1.88. The number of β-lactam (4-membered cyclic amide) rings is 1. The molecular formula is C20H27N8O8PS. The number of oxime groups is 1. The number of ether oxygens (including phenoxy) is 1. The lowest BCUT2D eigenvalue weighted by atomic mass is 10.0. The highest BCUT2D eigenvalue weighted by atomic mass is 32.2. The number of nitrogen functional groups attached to an aromatic ring is 1. The van der Waals surface area contributed by atoms with Crippen LogP contribution in [-0.2, 0) is 33.1 Å². The fourth-order valence-corrected chi connectivity index (χ4v) is 5.98. The van der Waals surface area contributed by atoms with E-state index in [0.29, 0.717) is 0 Å². The number of carboxylic acids is 1. The average molecular weight is 571 g/mol. The second-order valence-corrected chi connectivity index (χ2v) is 12.3. The molecule has 2 aliphatic rings. The molecule has 3 heterocycles. The molecule has 0 aromatic carbocycles. The molecule has 1 saturated heterocycles. The van der Waals surface area contributed by atoms with Crippen LogP contribution in [0.15, 0.2) is 28.7 Å². The van der Waals surface area contributed by atoms with Crippen molar-refractivity contribution in [3.05, 3.63) is 29.4 Å². The van der Waals surface area contributed by atoms with E-state index in [2.05, 4.69) is 20.4 Å². The Bertz CT molecular complexity index is 1260. The molecule has 1 fully saturated rings. The van der Waals surface area contributed by atoms with E-state index in [9.17, 15) is 28.8 Å². The standard InChI is InChI=1S/C20H27N8O8PS/c1-10(29)35-8-11-9-38-19-14(18(31)28(19)15(11)20(32)33)24-17(30)13(16-22-7-6-12(21)23-16)25-36-37(34,26(2)3)27(4)5/h6-7,14,19H,8-9H2,1-5H3,(H,24,30)(H,32,33)(H2,21,22,23)/t14-,19+/m0/s1. The Kier molecular flexibility index (Phi) is 8.76. The number of nitrogens with zero attached hydrogens (tertiary/aromatic N) is 6. The minimum absolute atomic E-state index is 0.0178. The van der Waals surface area contributed by atoms with E-state index in [1.54, 1.807) is 0 Å². The van der Waals surface area contributed by atoms with Gasteiger partial charge in [0.1, 0.15) is 29.5 Å². The number of esters is 1. The summed E-state index contributed by atoms with van der Waals surface area (Å²) in [5.41, 5.74) is 5.16. The van der Waals surface area contributed by atoms with Crippen LogP contribution in [0, 0.1) is 0 Å². The number of amides is 2. The van der Waals surface area contributed by atoms with E-state index in [1.165, 1.54) is 68.5 Å². The zero-order valence-electron chi connectivity index (χ0n) is 21.1. The fourth-order valence-electron chi connectivity index (χ4n) is 3.46. The van der Waals surface area contributed by atoms with Gasteiger partial charge in [0.2, 0.25) is 5.71 Å². The predicted octanol–water partition coefficient (Wildman–Crippen LogP) is -0.687. The average Bonchev–Trinajstić information content (AvgIpc) is 2.84. The van der Waals surface area contributed by atoms with Crippen LogP contribution in [0.1, 0.15) is 12.7 Å². The minimum atomic E-state index is -3.67. The number of hydrogen-bond donors (Lipinski definition) is 3. The summed E-state index contributed by atoms with van der Waals surface area (Å²) < 4.78 is 25.9. The normalized spacial score (nSPS) is 19.7. The molecule has 2 aliphatic heterocycles. The lowest BCUT2D eigenvalue weighted by molar-refractivity contribution is -0.150. The van der Waals surface area contributed by atoms with E-state index in [1.807, 2.05) is 0 Å². The fraction of sp³-hybridized carbons (Fsp3) is 0.450. The Morgan fingerprint density at radius 1 is 1.32 bits per heavy atom. The molecule has 16 nitrogen and oxygen atoms in total. The van der Waals surface area contributed by atoms with Crippen molar-refractivity contribution in [3.63, 3.8) is 0 Å². The Hall–Kier alpha value is -3.53. The van der Waals surface area contributed by atoms with Gasteiger partial charge in [-0.15, -0.1) is 11.8 Å². The summed E-state index contributed by atoms with van der Waals surface area (Å²) in [5, 5.41) is 15.2. The molecule has 1 aromatic heterocycles. The highest BCUT2D eigenvalue weighted by molar-refractivity contribution is 8.00. The molecule has 0 unspecified atom stereocenters. The maximum atomic E-state index is 13.3. The second kappa shape index (κ2) is 11.5. The molecule has 0 radical (unpaired) electrons. The van der Waals surface area contributed by atoms with E-state index >= 15 is 0 Å². The van der Waals surface area contributed by atoms with Gasteiger partial charge in [0.05, 0.1) is 0 Å². The van der Waals surface area contributed by atoms with Crippen molar-refractivity contribution in [3.8, 4) is 0 Å². The Morgan fingerprint density at radius 2 is 1.97 bits per heavy atom. The number of carboxylic acid groups (broad SMARTS) is 1. The Labute approximate surface area is 221 Å². The summed E-state index contributed by atoms with van der Waals surface area (Å²) in [7, 11) is 2.33. The molecule has 4 N–H and O–H groups in total. The molecule has 0 bridgehead atoms. The third kappa shape index (κ3) is 5.80. The SMILES string of the molecule is CC(=O)OCC1=C(C(=O)O)N2C(=O)[C@H](NC(=O)C(=NOP(=O)(N(C)C)N(C)C)c3nccc(N)n3)[C@H]2SC1. The summed E-state index contributed by atoms with van der Waals surface area (Å²) in [6, 6.07) is 0.252. The van der Waals surface area contributed by atoms with Crippen LogP contribution in [0.3, 0.4) is 0 Å². The van der Waals surface area contributed by atoms with Gasteiger partial charge in [-0.25, -0.2) is 28.7 Å². The summed E-state index contributed by atoms with van der Waals surface area (Å²) in [6.45, 7) is 0.902. The van der Waals surface area contributed by atoms with Crippen molar-refractivity contribution in [2.24, 2.45) is 5.16 Å². The van der Waals surface area contributed by atoms with Crippen LogP contribution >= 0.6 is 19.4 Å². The molecule has 38 heavy (non-hydrogen) atoms. The predicted molar refractivity (Wildman–Crippen MR) is 135 cm³/mol. The molecule has 2 amide bonds. The molecule has 0 aliphatic carbocycles. The van der Waals surface area contributed by atoms with Crippen molar-refractivity contribution >= 4 is 54.7 Å². The van der Waals surface area contributed by atoms with Gasteiger partial charge in [-0.05, 0) is 34.3 Å². The lowest BCUT2D eigenvalue weighted by Crippen LogP contribution is -2.71. The summed E-state index contributed by atoms with van der Waals surface area (Å²) in [4.78, 5) is 58.2. The molecule has 1 aromatic rings. The number of aromatic nitrogens is 2. The minimum Gasteiger partial charge on any atom is -0.477 e. The number of thioether (sulfide) groups is 1. The molecule has 0 spiro atoms. The highest BCUT2D eigenvalue weighted by Gasteiger charge is 2.54. The largest absolute Gasteiger partial charge is 0.477 e. The second-order valence-electron chi connectivity index (χ2n) is 8.41. The molecule has 18 heteroatoms. The first-order chi connectivity index (χ1) is 17.8. The quantitative estimate of drug-likeness (QED) is 0.105. The highest BCUT2D eigenvalue weighted by Crippen LogP contribution is 2.50. The molecule has 2 atom stereocenters. The summed E-state index contributed by atoms with van der Waals surface area (Å²) in [5.74, 6) is -3.69. The van der Waals surface area contributed by atoms with Gasteiger partial charge < -0.3 is 25.5 Å². The third-order valence-corrected chi connectivity index (χ3v) is 9.00. The maximum absolute atomic E-state index is 13.3. The molecule has 0 saturated carbocycles. The molecule has 3 rings (SSSR count). The van der Waals surface area contributed by atoms with Gasteiger partial charge >= 0.3 is 19.6 Å². The first-order valence-corrected chi connectivity index (χ1v) is 13.5. The van der Waals surface area contributed by atoms with E-state index < -0.39 is 48.6 Å². The first kappa shape index (κ1) is 29.0. The number of nitrogens with one attached hydrogen (secondary N) is 1. The number of carbonyl (C=O) groups excluding carboxylic acids is 3. The van der Waals surface area contributed by atoms with Crippen LogP contribution in [0.2, 0.25) is 0 Å². The first-order valence-electron chi connectivity index (χ1n) is 10.9. The van der Waals surface area contributed by atoms with Crippen molar-refractivity contribution in [2.75, 3.05) is 46.3 Å². The smallest absolute Gasteiger partial charge is 0.415 e. The number of fused-ring (bicyclic) bond motifs is 1.